The number of ether oxygens (including phenoxy) is 1. The second-order valence-electron chi connectivity index (χ2n) is 8.54. The molecule has 1 aliphatic heterocycles. The van der Waals surface area contributed by atoms with E-state index >= 15 is 0 Å². The van der Waals surface area contributed by atoms with Crippen LogP contribution < -0.4 is 15.8 Å². The van der Waals surface area contributed by atoms with Crippen LogP contribution in [0.3, 0.4) is 0 Å². The molecule has 0 saturated heterocycles. The fourth-order valence-electron chi connectivity index (χ4n) is 4.39. The molecule has 0 fully saturated rings. The van der Waals surface area contributed by atoms with Crippen LogP contribution >= 0.6 is 11.3 Å². The van der Waals surface area contributed by atoms with E-state index in [1.165, 1.54) is 41.5 Å². The molecule has 0 saturated carbocycles. The number of nitrogens with one attached hydrogen (secondary N) is 1. The summed E-state index contributed by atoms with van der Waals surface area (Å²) >= 11 is 1.24. The summed E-state index contributed by atoms with van der Waals surface area (Å²) in [4.78, 5) is 36.9. The first-order valence-corrected chi connectivity index (χ1v) is 12.4. The van der Waals surface area contributed by atoms with Crippen molar-refractivity contribution < 1.29 is 18.7 Å². The first-order chi connectivity index (χ1) is 18.4. The van der Waals surface area contributed by atoms with Gasteiger partial charge in [-0.15, -0.1) is 11.3 Å². The van der Waals surface area contributed by atoms with E-state index in [0.29, 0.717) is 33.2 Å². The number of hydrogen-bond acceptors (Lipinski definition) is 7. The monoisotopic (exact) mass is 527 g/mol. The van der Waals surface area contributed by atoms with E-state index in [4.69, 9.17) is 10.5 Å². The third kappa shape index (κ3) is 4.79. The number of nitrogen functional groups attached to an aromatic ring is 1. The highest BCUT2D eigenvalue weighted by atomic mass is 32.1. The van der Waals surface area contributed by atoms with Gasteiger partial charge in [0.15, 0.2) is 5.13 Å². The summed E-state index contributed by atoms with van der Waals surface area (Å²) in [5.41, 5.74) is 9.13. The summed E-state index contributed by atoms with van der Waals surface area (Å²) in [6.45, 7) is 1.97. The summed E-state index contributed by atoms with van der Waals surface area (Å²) < 4.78 is 19.8. The number of benzene rings is 2. The van der Waals surface area contributed by atoms with Crippen molar-refractivity contribution in [1.29, 1.82) is 0 Å². The van der Waals surface area contributed by atoms with Crippen LogP contribution in [0.15, 0.2) is 60.2 Å². The molecule has 1 atom stereocenters. The van der Waals surface area contributed by atoms with Crippen LogP contribution in [0.2, 0.25) is 0 Å². The SMILES string of the molecule is COc1ccc(F)cc1C(C(=O)Nc1nccs1)N1Cc2ccc(C#Cc3ccc(N)nc3)c(C)c2C1=O. The molecule has 1 aliphatic rings. The summed E-state index contributed by atoms with van der Waals surface area (Å²) in [6.07, 6.45) is 3.14. The molecular formula is C28H22FN5O3S. The van der Waals surface area contributed by atoms with E-state index < -0.39 is 17.8 Å². The second kappa shape index (κ2) is 10.3. The lowest BCUT2D eigenvalue weighted by Gasteiger charge is -2.28. The molecule has 4 aromatic rings. The van der Waals surface area contributed by atoms with Crippen molar-refractivity contribution in [2.24, 2.45) is 0 Å². The van der Waals surface area contributed by atoms with E-state index in [9.17, 15) is 14.0 Å². The molecule has 0 spiro atoms. The number of halogens is 1. The molecule has 2 aromatic carbocycles. The molecule has 38 heavy (non-hydrogen) atoms. The summed E-state index contributed by atoms with van der Waals surface area (Å²) in [5.74, 6) is 5.38. The Balaban J connectivity index is 1.53. The standard InChI is InChI=1S/C28H22FN5O3S/c1-16-18(5-3-17-4-10-23(30)32-14-17)6-7-19-15-34(27(36)24(16)19)25(26(35)33-28-31-11-12-38-28)21-13-20(29)8-9-22(21)37-2/h4,6-14,25H,15H2,1-2H3,(H2,30,32)(H,31,33,35). The van der Waals surface area contributed by atoms with E-state index in [2.05, 4.69) is 27.1 Å². The van der Waals surface area contributed by atoms with Crippen molar-refractivity contribution in [1.82, 2.24) is 14.9 Å². The number of methoxy groups -OCH3 is 1. The van der Waals surface area contributed by atoms with E-state index in [1.807, 2.05) is 19.1 Å². The summed E-state index contributed by atoms with van der Waals surface area (Å²) in [6, 6.07) is 9.82. The Bertz CT molecular complexity index is 1590. The number of carbonyl (C=O) groups is 2. The number of carbonyl (C=O) groups excluding carboxylic acids is 2. The van der Waals surface area contributed by atoms with Gasteiger partial charge in [0.1, 0.15) is 23.4 Å². The van der Waals surface area contributed by atoms with Crippen LogP contribution in [0.25, 0.3) is 0 Å². The molecule has 5 rings (SSSR count). The highest BCUT2D eigenvalue weighted by Gasteiger charge is 2.40. The predicted octanol–water partition coefficient (Wildman–Crippen LogP) is 4.31. The number of nitrogens with zero attached hydrogens (tertiary/aromatic N) is 3. The number of amides is 2. The molecule has 2 amide bonds. The lowest BCUT2D eigenvalue weighted by atomic mass is 9.98. The molecule has 190 valence electrons. The zero-order valence-corrected chi connectivity index (χ0v) is 21.3. The maximum atomic E-state index is 14.4. The minimum atomic E-state index is -1.17. The van der Waals surface area contributed by atoms with Crippen molar-refractivity contribution in [3.8, 4) is 17.6 Å². The van der Waals surface area contributed by atoms with Crippen LogP contribution in [-0.2, 0) is 11.3 Å². The van der Waals surface area contributed by atoms with Crippen molar-refractivity contribution in [2.75, 3.05) is 18.2 Å². The van der Waals surface area contributed by atoms with Crippen LogP contribution in [-0.4, -0.2) is 33.8 Å². The maximum Gasteiger partial charge on any atom is 0.255 e. The molecule has 3 N–H and O–H groups in total. The normalized spacial score (nSPS) is 12.9. The lowest BCUT2D eigenvalue weighted by molar-refractivity contribution is -0.120. The van der Waals surface area contributed by atoms with Gasteiger partial charge in [-0.2, -0.15) is 0 Å². The van der Waals surface area contributed by atoms with Gasteiger partial charge in [-0.05, 0) is 54.4 Å². The van der Waals surface area contributed by atoms with Gasteiger partial charge in [0.2, 0.25) is 0 Å². The van der Waals surface area contributed by atoms with E-state index in [-0.39, 0.29) is 23.8 Å². The minimum Gasteiger partial charge on any atom is -0.496 e. The number of pyridine rings is 1. The van der Waals surface area contributed by atoms with Crippen LogP contribution in [0.5, 0.6) is 5.75 Å². The number of rotatable bonds is 5. The van der Waals surface area contributed by atoms with Gasteiger partial charge in [0.25, 0.3) is 11.8 Å². The molecular weight excluding hydrogens is 505 g/mol. The van der Waals surface area contributed by atoms with E-state index in [1.54, 1.807) is 29.9 Å². The van der Waals surface area contributed by atoms with Gasteiger partial charge in [0.05, 0.1) is 7.11 Å². The van der Waals surface area contributed by atoms with Crippen LogP contribution in [0, 0.1) is 24.6 Å². The van der Waals surface area contributed by atoms with Crippen LogP contribution in [0.1, 0.15) is 44.2 Å². The van der Waals surface area contributed by atoms with Gasteiger partial charge in [0, 0.05) is 46.6 Å². The minimum absolute atomic E-state index is 0.153. The van der Waals surface area contributed by atoms with E-state index in [0.717, 1.165) is 5.56 Å². The Morgan fingerprint density at radius 3 is 2.76 bits per heavy atom. The summed E-state index contributed by atoms with van der Waals surface area (Å²) in [7, 11) is 1.43. The second-order valence-corrected chi connectivity index (χ2v) is 9.44. The molecule has 10 heteroatoms. The number of aromatic nitrogens is 2. The molecule has 8 nitrogen and oxygen atoms in total. The lowest BCUT2D eigenvalue weighted by Crippen LogP contribution is -2.38. The predicted molar refractivity (Wildman–Crippen MR) is 142 cm³/mol. The van der Waals surface area contributed by atoms with Gasteiger partial charge < -0.3 is 15.4 Å². The first-order valence-electron chi connectivity index (χ1n) is 11.6. The number of nitrogens with two attached hydrogens (primary N) is 1. The Morgan fingerprint density at radius 1 is 1.21 bits per heavy atom. The molecule has 2 aromatic heterocycles. The highest BCUT2D eigenvalue weighted by molar-refractivity contribution is 7.13. The average Bonchev–Trinajstić information content (AvgIpc) is 3.53. The molecule has 0 radical (unpaired) electrons. The van der Waals surface area contributed by atoms with Gasteiger partial charge >= 0.3 is 0 Å². The average molecular weight is 528 g/mol. The van der Waals surface area contributed by atoms with Crippen molar-refractivity contribution >= 4 is 34.1 Å². The maximum absolute atomic E-state index is 14.4. The number of fused-ring (bicyclic) bond motifs is 1. The molecule has 1 unspecified atom stereocenters. The third-order valence-electron chi connectivity index (χ3n) is 6.20. The van der Waals surface area contributed by atoms with Crippen molar-refractivity contribution in [3.05, 3.63) is 99.4 Å². The van der Waals surface area contributed by atoms with Gasteiger partial charge in [-0.25, -0.2) is 14.4 Å². The largest absolute Gasteiger partial charge is 0.496 e. The van der Waals surface area contributed by atoms with Crippen molar-refractivity contribution in [2.45, 2.75) is 19.5 Å². The van der Waals surface area contributed by atoms with Crippen molar-refractivity contribution in [3.63, 3.8) is 0 Å². The topological polar surface area (TPSA) is 110 Å². The van der Waals surface area contributed by atoms with Crippen LogP contribution in [0.4, 0.5) is 15.3 Å². The molecule has 3 heterocycles. The number of anilines is 2. The zero-order chi connectivity index (χ0) is 26.8. The molecule has 0 bridgehead atoms. The summed E-state index contributed by atoms with van der Waals surface area (Å²) in [5, 5.41) is 4.83. The molecule has 0 aliphatic carbocycles. The fourth-order valence-corrected chi connectivity index (χ4v) is 4.92. The first kappa shape index (κ1) is 24.9. The van der Waals surface area contributed by atoms with Gasteiger partial charge in [-0.1, -0.05) is 17.9 Å². The Kier molecular flexibility index (Phi) is 6.77. The number of thiazole rings is 1. The Labute approximate surface area is 222 Å². The Hall–Kier alpha value is -4.75. The number of hydrogen-bond donors (Lipinski definition) is 2. The fraction of sp³-hybridized carbons (Fsp3) is 0.143. The quantitative estimate of drug-likeness (QED) is 0.374. The smallest absolute Gasteiger partial charge is 0.255 e. The Morgan fingerprint density at radius 2 is 2.05 bits per heavy atom. The highest BCUT2D eigenvalue weighted by Crippen LogP contribution is 2.38. The van der Waals surface area contributed by atoms with Gasteiger partial charge in [-0.3, -0.25) is 14.9 Å². The zero-order valence-electron chi connectivity index (χ0n) is 20.5. The third-order valence-corrected chi connectivity index (χ3v) is 6.89.